The Morgan fingerprint density at radius 1 is 1.11 bits per heavy atom. The molecule has 0 heterocycles. The molecular weight excluding hydrogens is 246 g/mol. The Hall–Kier alpha value is -1.51. The number of halogens is 1. The fourth-order valence-corrected chi connectivity index (χ4v) is 2.01. The number of aliphatic hydroxyl groups excluding tert-OH is 1. The molecule has 0 unspecified atom stereocenters. The minimum atomic E-state index is 0.0241. The molecule has 2 aromatic carbocycles. The molecule has 0 amide bonds. The van der Waals surface area contributed by atoms with Gasteiger partial charge in [0.25, 0.3) is 0 Å². The minimum Gasteiger partial charge on any atom is -0.392 e. The smallest absolute Gasteiger partial charge is 0.0682 e. The normalized spacial score (nSPS) is 10.4. The van der Waals surface area contributed by atoms with Crippen molar-refractivity contribution in [1.29, 1.82) is 0 Å². The number of nitrogens with one attached hydrogen (secondary N) is 1. The van der Waals surface area contributed by atoms with Crippen LogP contribution < -0.4 is 5.32 Å². The van der Waals surface area contributed by atoms with E-state index in [9.17, 15) is 0 Å². The van der Waals surface area contributed by atoms with E-state index in [1.54, 1.807) is 6.07 Å². The molecule has 0 spiro atoms. The van der Waals surface area contributed by atoms with E-state index in [0.29, 0.717) is 5.02 Å². The van der Waals surface area contributed by atoms with Crippen molar-refractivity contribution < 1.29 is 5.11 Å². The highest BCUT2D eigenvalue weighted by molar-refractivity contribution is 6.33. The average Bonchev–Trinajstić information content (AvgIpc) is 2.38. The van der Waals surface area contributed by atoms with Gasteiger partial charge in [0, 0.05) is 6.54 Å². The van der Waals surface area contributed by atoms with Crippen LogP contribution in [-0.4, -0.2) is 5.11 Å². The third-order valence-electron chi connectivity index (χ3n) is 2.78. The van der Waals surface area contributed by atoms with E-state index in [4.69, 9.17) is 16.7 Å². The summed E-state index contributed by atoms with van der Waals surface area (Å²) in [4.78, 5) is 0. The second-order valence-electron chi connectivity index (χ2n) is 4.31. The van der Waals surface area contributed by atoms with E-state index < -0.39 is 0 Å². The van der Waals surface area contributed by atoms with Gasteiger partial charge in [-0.1, -0.05) is 47.5 Å². The maximum atomic E-state index is 9.10. The molecule has 2 aromatic rings. The molecule has 18 heavy (non-hydrogen) atoms. The predicted octanol–water partition coefficient (Wildman–Crippen LogP) is 3.75. The summed E-state index contributed by atoms with van der Waals surface area (Å²) >= 11 is 6.11. The Kier molecular flexibility index (Phi) is 4.24. The van der Waals surface area contributed by atoms with Gasteiger partial charge < -0.3 is 10.4 Å². The van der Waals surface area contributed by atoms with Gasteiger partial charge in [-0.2, -0.15) is 0 Å². The second-order valence-corrected chi connectivity index (χ2v) is 4.72. The van der Waals surface area contributed by atoms with Crippen molar-refractivity contribution in [2.75, 3.05) is 5.32 Å². The van der Waals surface area contributed by atoms with Gasteiger partial charge in [-0.15, -0.1) is 0 Å². The summed E-state index contributed by atoms with van der Waals surface area (Å²) in [6, 6.07) is 13.8. The third-order valence-corrected chi connectivity index (χ3v) is 3.11. The SMILES string of the molecule is Cc1cccc(CNc2cc(CO)ccc2Cl)c1. The zero-order valence-corrected chi connectivity index (χ0v) is 11.0. The van der Waals surface area contributed by atoms with Crippen molar-refractivity contribution in [3.8, 4) is 0 Å². The van der Waals surface area contributed by atoms with Crippen molar-refractivity contribution in [1.82, 2.24) is 0 Å². The number of hydrogen-bond acceptors (Lipinski definition) is 2. The lowest BCUT2D eigenvalue weighted by Crippen LogP contribution is -2.01. The summed E-state index contributed by atoms with van der Waals surface area (Å²) in [6.45, 7) is 2.81. The fraction of sp³-hybridized carbons (Fsp3) is 0.200. The van der Waals surface area contributed by atoms with Crippen LogP contribution in [0.25, 0.3) is 0 Å². The van der Waals surface area contributed by atoms with Crippen molar-refractivity contribution in [2.24, 2.45) is 0 Å². The van der Waals surface area contributed by atoms with Crippen molar-refractivity contribution in [2.45, 2.75) is 20.1 Å². The molecule has 0 radical (unpaired) electrons. The molecule has 0 fully saturated rings. The quantitative estimate of drug-likeness (QED) is 0.879. The Morgan fingerprint density at radius 2 is 1.94 bits per heavy atom. The summed E-state index contributed by atoms with van der Waals surface area (Å²) in [5.41, 5.74) is 4.15. The van der Waals surface area contributed by atoms with E-state index in [2.05, 4.69) is 30.4 Å². The molecule has 0 atom stereocenters. The maximum absolute atomic E-state index is 9.10. The molecule has 0 saturated carbocycles. The molecule has 0 aliphatic heterocycles. The Balaban J connectivity index is 2.10. The third kappa shape index (κ3) is 3.25. The van der Waals surface area contributed by atoms with E-state index >= 15 is 0 Å². The summed E-state index contributed by atoms with van der Waals surface area (Å²) in [5.74, 6) is 0. The lowest BCUT2D eigenvalue weighted by molar-refractivity contribution is 0.282. The molecule has 0 aliphatic rings. The first kappa shape index (κ1) is 12.9. The lowest BCUT2D eigenvalue weighted by Gasteiger charge is -2.10. The van der Waals surface area contributed by atoms with Crippen molar-refractivity contribution in [3.63, 3.8) is 0 Å². The summed E-state index contributed by atoms with van der Waals surface area (Å²) in [6.07, 6.45) is 0. The first-order chi connectivity index (χ1) is 8.69. The van der Waals surface area contributed by atoms with Crippen LogP contribution in [0.5, 0.6) is 0 Å². The highest BCUT2D eigenvalue weighted by Gasteiger charge is 2.01. The average molecular weight is 262 g/mol. The largest absolute Gasteiger partial charge is 0.392 e. The Labute approximate surface area is 112 Å². The molecule has 2 rings (SSSR count). The van der Waals surface area contributed by atoms with Crippen LogP contribution in [0.2, 0.25) is 5.02 Å². The molecule has 0 aromatic heterocycles. The molecule has 2 nitrogen and oxygen atoms in total. The second kappa shape index (κ2) is 5.89. The first-order valence-electron chi connectivity index (χ1n) is 5.88. The zero-order chi connectivity index (χ0) is 13.0. The van der Waals surface area contributed by atoms with Gasteiger partial charge >= 0.3 is 0 Å². The number of hydrogen-bond donors (Lipinski definition) is 2. The van der Waals surface area contributed by atoms with Gasteiger partial charge in [-0.25, -0.2) is 0 Å². The van der Waals surface area contributed by atoms with Crippen LogP contribution >= 0.6 is 11.6 Å². The predicted molar refractivity (Wildman–Crippen MR) is 75.9 cm³/mol. The van der Waals surface area contributed by atoms with Crippen molar-refractivity contribution >= 4 is 17.3 Å². The van der Waals surface area contributed by atoms with Crippen LogP contribution in [0, 0.1) is 6.92 Å². The number of benzene rings is 2. The highest BCUT2D eigenvalue weighted by atomic mass is 35.5. The van der Waals surface area contributed by atoms with Crippen LogP contribution in [0.3, 0.4) is 0 Å². The van der Waals surface area contributed by atoms with Gasteiger partial charge in [0.05, 0.1) is 17.3 Å². The molecule has 2 N–H and O–H groups in total. The fourth-order valence-electron chi connectivity index (χ4n) is 1.83. The van der Waals surface area contributed by atoms with Crippen molar-refractivity contribution in [3.05, 3.63) is 64.2 Å². The molecule has 0 aliphatic carbocycles. The van der Waals surface area contributed by atoms with Gasteiger partial charge in [0.1, 0.15) is 0 Å². The first-order valence-corrected chi connectivity index (χ1v) is 6.25. The summed E-state index contributed by atoms with van der Waals surface area (Å²) in [7, 11) is 0. The molecule has 3 heteroatoms. The standard InChI is InChI=1S/C15H16ClNO/c1-11-3-2-4-12(7-11)9-17-15-8-13(10-18)5-6-14(15)16/h2-8,17-18H,9-10H2,1H3. The van der Waals surface area contributed by atoms with E-state index in [1.807, 2.05) is 18.2 Å². The maximum Gasteiger partial charge on any atom is 0.0682 e. The van der Waals surface area contributed by atoms with Crippen LogP contribution in [0.15, 0.2) is 42.5 Å². The van der Waals surface area contributed by atoms with E-state index in [-0.39, 0.29) is 6.61 Å². The van der Waals surface area contributed by atoms with Gasteiger partial charge in [-0.05, 0) is 30.2 Å². The van der Waals surface area contributed by atoms with Gasteiger partial charge in [0.15, 0.2) is 0 Å². The lowest BCUT2D eigenvalue weighted by atomic mass is 10.1. The van der Waals surface area contributed by atoms with Gasteiger partial charge in [0.2, 0.25) is 0 Å². The zero-order valence-electron chi connectivity index (χ0n) is 10.3. The van der Waals surface area contributed by atoms with Crippen LogP contribution in [-0.2, 0) is 13.2 Å². The van der Waals surface area contributed by atoms with E-state index in [0.717, 1.165) is 17.8 Å². The number of aryl methyl sites for hydroxylation is 1. The number of rotatable bonds is 4. The van der Waals surface area contributed by atoms with Crippen LogP contribution in [0.1, 0.15) is 16.7 Å². The Morgan fingerprint density at radius 3 is 2.67 bits per heavy atom. The highest BCUT2D eigenvalue weighted by Crippen LogP contribution is 2.23. The Bertz CT molecular complexity index is 540. The number of anilines is 1. The summed E-state index contributed by atoms with van der Waals surface area (Å²) in [5, 5.41) is 13.1. The molecule has 94 valence electrons. The molecule has 0 saturated heterocycles. The number of aliphatic hydroxyl groups is 1. The summed E-state index contributed by atoms with van der Waals surface area (Å²) < 4.78 is 0. The van der Waals surface area contributed by atoms with Gasteiger partial charge in [-0.3, -0.25) is 0 Å². The molecular formula is C15H16ClNO. The van der Waals surface area contributed by atoms with E-state index in [1.165, 1.54) is 11.1 Å². The topological polar surface area (TPSA) is 32.3 Å². The van der Waals surface area contributed by atoms with Crippen LogP contribution in [0.4, 0.5) is 5.69 Å². The minimum absolute atomic E-state index is 0.0241. The monoisotopic (exact) mass is 261 g/mol. The molecule has 0 bridgehead atoms.